The first-order valence-corrected chi connectivity index (χ1v) is 6.16. The molecule has 0 atom stereocenters. The van der Waals surface area contributed by atoms with Gasteiger partial charge in [-0.15, -0.1) is 0 Å². The highest BCUT2D eigenvalue weighted by molar-refractivity contribution is 5.95. The van der Waals surface area contributed by atoms with Gasteiger partial charge in [0.15, 0.2) is 0 Å². The fourth-order valence-electron chi connectivity index (χ4n) is 2.69. The molecule has 18 heavy (non-hydrogen) atoms. The van der Waals surface area contributed by atoms with Crippen LogP contribution in [0.25, 0.3) is 11.3 Å². The minimum Gasteiger partial charge on any atom is -0.462 e. The van der Waals surface area contributed by atoms with E-state index in [0.29, 0.717) is 12.2 Å². The molecule has 1 aromatic carbocycles. The van der Waals surface area contributed by atoms with Gasteiger partial charge in [0, 0.05) is 25.2 Å². The van der Waals surface area contributed by atoms with E-state index in [0.717, 1.165) is 17.7 Å². The van der Waals surface area contributed by atoms with Gasteiger partial charge in [-0.1, -0.05) is 24.3 Å². The topological polar surface area (TPSA) is 31.2 Å². The summed E-state index contributed by atoms with van der Waals surface area (Å²) in [4.78, 5) is 11.9. The van der Waals surface area contributed by atoms with Crippen LogP contribution in [0.15, 0.2) is 30.5 Å². The molecular weight excluding hydrogens is 226 g/mol. The number of esters is 1. The molecule has 2 aromatic rings. The molecule has 3 heteroatoms. The molecule has 3 rings (SSSR count). The molecule has 0 fully saturated rings. The van der Waals surface area contributed by atoms with Gasteiger partial charge in [0.1, 0.15) is 0 Å². The first-order chi connectivity index (χ1) is 8.72. The van der Waals surface area contributed by atoms with Crippen LogP contribution in [-0.2, 0) is 18.2 Å². The number of hydrogen-bond donors (Lipinski definition) is 0. The highest BCUT2D eigenvalue weighted by atomic mass is 16.5. The maximum atomic E-state index is 11.9. The predicted octanol–water partition coefficient (Wildman–Crippen LogP) is 2.77. The molecule has 92 valence electrons. The molecule has 1 aliphatic rings. The summed E-state index contributed by atoms with van der Waals surface area (Å²) in [5.41, 5.74) is 5.45. The molecule has 0 N–H and O–H groups in total. The summed E-state index contributed by atoms with van der Waals surface area (Å²) in [5.74, 6) is -0.220. The number of nitrogens with zero attached hydrogens (tertiary/aromatic N) is 1. The second-order valence-corrected chi connectivity index (χ2v) is 4.54. The number of aryl methyl sites for hydroxylation is 1. The van der Waals surface area contributed by atoms with Gasteiger partial charge in [-0.25, -0.2) is 4.79 Å². The molecule has 0 bridgehead atoms. The minimum absolute atomic E-state index is 0.220. The number of carbonyl (C=O) groups is 1. The molecule has 0 saturated carbocycles. The van der Waals surface area contributed by atoms with Crippen LogP contribution in [0.1, 0.15) is 28.4 Å². The van der Waals surface area contributed by atoms with Crippen LogP contribution in [0.4, 0.5) is 0 Å². The monoisotopic (exact) mass is 241 g/mol. The van der Waals surface area contributed by atoms with Crippen LogP contribution < -0.4 is 0 Å². The molecule has 1 aromatic heterocycles. The first kappa shape index (κ1) is 11.1. The lowest BCUT2D eigenvalue weighted by Crippen LogP contribution is -2.05. The van der Waals surface area contributed by atoms with Gasteiger partial charge >= 0.3 is 5.97 Å². The molecule has 1 aliphatic carbocycles. The van der Waals surface area contributed by atoms with E-state index in [-0.39, 0.29) is 5.97 Å². The van der Waals surface area contributed by atoms with E-state index >= 15 is 0 Å². The van der Waals surface area contributed by atoms with Crippen molar-refractivity contribution in [3.8, 4) is 11.3 Å². The third-order valence-corrected chi connectivity index (χ3v) is 3.42. The van der Waals surface area contributed by atoms with Gasteiger partial charge in [0.25, 0.3) is 0 Å². The Balaban J connectivity index is 2.13. The van der Waals surface area contributed by atoms with Crippen LogP contribution in [0.2, 0.25) is 0 Å². The zero-order chi connectivity index (χ0) is 12.7. The summed E-state index contributed by atoms with van der Waals surface area (Å²) in [6, 6.07) is 8.29. The summed E-state index contributed by atoms with van der Waals surface area (Å²) in [7, 11) is 1.98. The Morgan fingerprint density at radius 2 is 2.17 bits per heavy atom. The lowest BCUT2D eigenvalue weighted by molar-refractivity contribution is 0.0525. The van der Waals surface area contributed by atoms with Crippen molar-refractivity contribution < 1.29 is 9.53 Å². The number of rotatable bonds is 2. The van der Waals surface area contributed by atoms with Crippen LogP contribution in [0.5, 0.6) is 0 Å². The second kappa shape index (κ2) is 4.02. The molecular formula is C15H15NO2. The maximum Gasteiger partial charge on any atom is 0.339 e. The van der Waals surface area contributed by atoms with Crippen molar-refractivity contribution in [2.45, 2.75) is 13.3 Å². The lowest BCUT2D eigenvalue weighted by Gasteiger charge is -2.02. The standard InChI is InChI=1S/C15H15NO2/c1-3-18-15(17)13-9-16(2)14-11-7-5-4-6-10(11)8-12(13)14/h4-7,9H,3,8H2,1-2H3. The summed E-state index contributed by atoms with van der Waals surface area (Å²) >= 11 is 0. The number of ether oxygens (including phenoxy) is 1. The van der Waals surface area contributed by atoms with Crippen molar-refractivity contribution in [3.05, 3.63) is 47.2 Å². The zero-order valence-electron chi connectivity index (χ0n) is 10.6. The number of fused-ring (bicyclic) bond motifs is 3. The third-order valence-electron chi connectivity index (χ3n) is 3.42. The van der Waals surface area contributed by atoms with Crippen molar-refractivity contribution in [1.82, 2.24) is 4.57 Å². The van der Waals surface area contributed by atoms with E-state index in [1.807, 2.05) is 36.9 Å². The fourth-order valence-corrected chi connectivity index (χ4v) is 2.69. The highest BCUT2D eigenvalue weighted by Gasteiger charge is 2.27. The van der Waals surface area contributed by atoms with Crippen LogP contribution in [-0.4, -0.2) is 17.1 Å². The van der Waals surface area contributed by atoms with Gasteiger partial charge in [-0.3, -0.25) is 0 Å². The zero-order valence-corrected chi connectivity index (χ0v) is 10.6. The largest absolute Gasteiger partial charge is 0.462 e. The third kappa shape index (κ3) is 1.47. The first-order valence-electron chi connectivity index (χ1n) is 6.16. The molecule has 0 radical (unpaired) electrons. The van der Waals surface area contributed by atoms with E-state index in [2.05, 4.69) is 12.1 Å². The number of aromatic nitrogens is 1. The fraction of sp³-hybridized carbons (Fsp3) is 0.267. The average molecular weight is 241 g/mol. The molecule has 0 aliphatic heterocycles. The normalized spacial score (nSPS) is 12.1. The summed E-state index contributed by atoms with van der Waals surface area (Å²) in [5, 5.41) is 0. The van der Waals surface area contributed by atoms with Gasteiger partial charge in [0.05, 0.1) is 17.9 Å². The minimum atomic E-state index is -0.220. The van der Waals surface area contributed by atoms with Crippen molar-refractivity contribution in [2.75, 3.05) is 6.61 Å². The van der Waals surface area contributed by atoms with Gasteiger partial charge in [-0.2, -0.15) is 0 Å². The molecule has 0 saturated heterocycles. The van der Waals surface area contributed by atoms with Crippen molar-refractivity contribution in [2.24, 2.45) is 7.05 Å². The van der Waals surface area contributed by atoms with E-state index in [1.165, 1.54) is 11.1 Å². The van der Waals surface area contributed by atoms with Crippen molar-refractivity contribution >= 4 is 5.97 Å². The smallest absolute Gasteiger partial charge is 0.339 e. The molecule has 3 nitrogen and oxygen atoms in total. The maximum absolute atomic E-state index is 11.9. The number of benzene rings is 1. The second-order valence-electron chi connectivity index (χ2n) is 4.54. The quantitative estimate of drug-likeness (QED) is 0.646. The number of carbonyl (C=O) groups excluding carboxylic acids is 1. The van der Waals surface area contributed by atoms with Gasteiger partial charge in [-0.05, 0) is 18.1 Å². The van der Waals surface area contributed by atoms with Crippen molar-refractivity contribution in [1.29, 1.82) is 0 Å². The van der Waals surface area contributed by atoms with Crippen LogP contribution >= 0.6 is 0 Å². The average Bonchev–Trinajstić information content (AvgIpc) is 2.88. The molecule has 0 amide bonds. The SMILES string of the molecule is CCOC(=O)c1cn(C)c2c1Cc1ccccc1-2. The Morgan fingerprint density at radius 1 is 1.39 bits per heavy atom. The highest BCUT2D eigenvalue weighted by Crippen LogP contribution is 2.39. The van der Waals surface area contributed by atoms with Gasteiger partial charge < -0.3 is 9.30 Å². The Morgan fingerprint density at radius 3 is 2.94 bits per heavy atom. The Bertz CT molecular complexity index is 625. The molecule has 1 heterocycles. The van der Waals surface area contributed by atoms with E-state index in [1.54, 1.807) is 0 Å². The van der Waals surface area contributed by atoms with E-state index in [4.69, 9.17) is 4.74 Å². The Kier molecular flexibility index (Phi) is 2.47. The Hall–Kier alpha value is -2.03. The van der Waals surface area contributed by atoms with Crippen LogP contribution in [0.3, 0.4) is 0 Å². The predicted molar refractivity (Wildman–Crippen MR) is 69.6 cm³/mol. The Labute approximate surface area is 106 Å². The van der Waals surface area contributed by atoms with E-state index in [9.17, 15) is 4.79 Å². The summed E-state index contributed by atoms with van der Waals surface area (Å²) in [6.07, 6.45) is 2.69. The molecule has 0 unspecified atom stereocenters. The molecule has 0 spiro atoms. The lowest BCUT2D eigenvalue weighted by atomic mass is 10.1. The van der Waals surface area contributed by atoms with Crippen LogP contribution in [0, 0.1) is 0 Å². The van der Waals surface area contributed by atoms with Crippen molar-refractivity contribution in [3.63, 3.8) is 0 Å². The van der Waals surface area contributed by atoms with Gasteiger partial charge in [0.2, 0.25) is 0 Å². The summed E-state index contributed by atoms with van der Waals surface area (Å²) < 4.78 is 7.13. The number of hydrogen-bond acceptors (Lipinski definition) is 2. The van der Waals surface area contributed by atoms with E-state index < -0.39 is 0 Å². The summed E-state index contributed by atoms with van der Waals surface area (Å²) in [6.45, 7) is 2.24.